The highest BCUT2D eigenvalue weighted by molar-refractivity contribution is 9.10. The summed E-state index contributed by atoms with van der Waals surface area (Å²) in [6, 6.07) is 9.79. The zero-order valence-corrected chi connectivity index (χ0v) is 17.3. The molecule has 2 aromatic heterocycles. The van der Waals surface area contributed by atoms with Gasteiger partial charge in [0, 0.05) is 29.5 Å². The molecule has 146 valence electrons. The van der Waals surface area contributed by atoms with E-state index < -0.39 is 5.82 Å². The van der Waals surface area contributed by atoms with Gasteiger partial charge in [-0.3, -0.25) is 9.48 Å². The first kappa shape index (κ1) is 19.2. The highest BCUT2D eigenvalue weighted by Gasteiger charge is 2.18. The molecule has 0 aliphatic carbocycles. The lowest BCUT2D eigenvalue weighted by atomic mass is 10.0. The number of carbonyl (C=O) groups excluding carboxylic acids is 1. The standard InChI is InChI=1S/C21H16BrFN4O2/c1-27-16-7-6-12(20(22)13(16)11-25-27)10-17(28)15-8-9-24-21(26-15)19-14(23)4-3-5-18(19)29-2/h3-9,11H,10H2,1-2H3. The van der Waals surface area contributed by atoms with Crippen LogP contribution in [0.2, 0.25) is 0 Å². The monoisotopic (exact) mass is 454 g/mol. The Morgan fingerprint density at radius 1 is 1.24 bits per heavy atom. The van der Waals surface area contributed by atoms with Crippen LogP contribution in [0.1, 0.15) is 16.1 Å². The Kier molecular flexibility index (Phi) is 5.10. The number of ketones is 1. The highest BCUT2D eigenvalue weighted by Crippen LogP contribution is 2.31. The van der Waals surface area contributed by atoms with E-state index in [2.05, 4.69) is 31.0 Å². The topological polar surface area (TPSA) is 69.9 Å². The molecule has 2 heterocycles. The molecule has 0 aliphatic heterocycles. The normalized spacial score (nSPS) is 11.0. The van der Waals surface area contributed by atoms with Crippen LogP contribution in [-0.4, -0.2) is 32.6 Å². The second kappa shape index (κ2) is 7.71. The van der Waals surface area contributed by atoms with Crippen LogP contribution in [0.3, 0.4) is 0 Å². The van der Waals surface area contributed by atoms with Crippen molar-refractivity contribution in [2.75, 3.05) is 7.11 Å². The first-order valence-electron chi connectivity index (χ1n) is 8.77. The second-order valence-electron chi connectivity index (χ2n) is 6.42. The van der Waals surface area contributed by atoms with Crippen LogP contribution in [0.5, 0.6) is 5.75 Å². The Morgan fingerprint density at radius 3 is 2.86 bits per heavy atom. The number of ether oxygens (including phenoxy) is 1. The molecular formula is C21H16BrFN4O2. The molecule has 0 fully saturated rings. The number of hydrogen-bond donors (Lipinski definition) is 0. The fourth-order valence-corrected chi connectivity index (χ4v) is 3.74. The zero-order chi connectivity index (χ0) is 20.5. The number of nitrogens with zero attached hydrogens (tertiary/aromatic N) is 4. The summed E-state index contributed by atoms with van der Waals surface area (Å²) in [5.41, 5.74) is 2.12. The van der Waals surface area contributed by atoms with E-state index in [9.17, 15) is 9.18 Å². The number of fused-ring (bicyclic) bond motifs is 1. The lowest BCUT2D eigenvalue weighted by Gasteiger charge is -2.09. The number of hydrogen-bond acceptors (Lipinski definition) is 5. The van der Waals surface area contributed by atoms with Crippen molar-refractivity contribution in [2.24, 2.45) is 7.05 Å². The predicted molar refractivity (Wildman–Crippen MR) is 110 cm³/mol. The molecular weight excluding hydrogens is 439 g/mol. The quantitative estimate of drug-likeness (QED) is 0.418. The number of halogens is 2. The van der Waals surface area contributed by atoms with Crippen LogP contribution in [0.25, 0.3) is 22.3 Å². The third kappa shape index (κ3) is 3.51. The average molecular weight is 455 g/mol. The minimum absolute atomic E-state index is 0.104. The smallest absolute Gasteiger partial charge is 0.185 e. The number of aryl methyl sites for hydroxylation is 1. The summed E-state index contributed by atoms with van der Waals surface area (Å²) in [6.07, 6.45) is 3.33. The predicted octanol–water partition coefficient (Wildman–Crippen LogP) is 4.37. The maximum atomic E-state index is 14.3. The van der Waals surface area contributed by atoms with Gasteiger partial charge < -0.3 is 4.74 Å². The van der Waals surface area contributed by atoms with Crippen molar-refractivity contribution in [3.63, 3.8) is 0 Å². The Balaban J connectivity index is 1.68. The van der Waals surface area contributed by atoms with Crippen molar-refractivity contribution in [2.45, 2.75) is 6.42 Å². The van der Waals surface area contributed by atoms with E-state index in [0.29, 0.717) is 5.75 Å². The van der Waals surface area contributed by atoms with E-state index in [-0.39, 0.29) is 29.3 Å². The maximum absolute atomic E-state index is 14.3. The van der Waals surface area contributed by atoms with Gasteiger partial charge >= 0.3 is 0 Å². The second-order valence-corrected chi connectivity index (χ2v) is 7.22. The first-order valence-corrected chi connectivity index (χ1v) is 9.57. The largest absolute Gasteiger partial charge is 0.496 e. The fraction of sp³-hybridized carbons (Fsp3) is 0.143. The molecule has 0 unspecified atom stereocenters. The Morgan fingerprint density at radius 2 is 2.07 bits per heavy atom. The number of rotatable bonds is 5. The number of Topliss-reactive ketones (excluding diaryl/α,β-unsaturated/α-hetero) is 1. The van der Waals surface area contributed by atoms with Crippen molar-refractivity contribution in [3.05, 3.63) is 70.3 Å². The van der Waals surface area contributed by atoms with Crippen molar-refractivity contribution in [1.82, 2.24) is 19.7 Å². The van der Waals surface area contributed by atoms with Crippen molar-refractivity contribution in [3.8, 4) is 17.1 Å². The third-order valence-corrected chi connectivity index (χ3v) is 5.59. The molecule has 0 atom stereocenters. The summed E-state index contributed by atoms with van der Waals surface area (Å²) in [4.78, 5) is 21.3. The SMILES string of the molecule is COc1cccc(F)c1-c1nccc(C(=O)Cc2ccc3c(cnn3C)c2Br)n1. The van der Waals surface area contributed by atoms with Crippen molar-refractivity contribution in [1.29, 1.82) is 0 Å². The molecule has 0 N–H and O–H groups in total. The molecule has 2 aromatic carbocycles. The molecule has 0 saturated carbocycles. The molecule has 4 rings (SSSR count). The molecule has 0 spiro atoms. The van der Waals surface area contributed by atoms with E-state index in [0.717, 1.165) is 20.9 Å². The van der Waals surface area contributed by atoms with Gasteiger partial charge in [-0.15, -0.1) is 0 Å². The van der Waals surface area contributed by atoms with Gasteiger partial charge in [-0.05, 0) is 45.8 Å². The lowest BCUT2D eigenvalue weighted by Crippen LogP contribution is -2.08. The van der Waals surface area contributed by atoms with Gasteiger partial charge in [0.1, 0.15) is 17.3 Å². The number of benzene rings is 2. The molecule has 4 aromatic rings. The van der Waals surface area contributed by atoms with Gasteiger partial charge in [0.2, 0.25) is 0 Å². The van der Waals surface area contributed by atoms with E-state index in [1.54, 1.807) is 23.0 Å². The molecule has 0 radical (unpaired) electrons. The summed E-state index contributed by atoms with van der Waals surface area (Å²) in [5, 5.41) is 5.17. The molecule has 29 heavy (non-hydrogen) atoms. The summed E-state index contributed by atoms with van der Waals surface area (Å²) in [7, 11) is 3.30. The molecule has 8 heteroatoms. The number of aromatic nitrogens is 4. The summed E-state index contributed by atoms with van der Waals surface area (Å²) < 4.78 is 22.2. The van der Waals surface area contributed by atoms with Crippen LogP contribution in [0.4, 0.5) is 4.39 Å². The van der Waals surface area contributed by atoms with Gasteiger partial charge in [0.15, 0.2) is 11.6 Å². The summed E-state index contributed by atoms with van der Waals surface area (Å²) >= 11 is 3.57. The van der Waals surface area contributed by atoms with Crippen LogP contribution in [0.15, 0.2) is 53.3 Å². The van der Waals surface area contributed by atoms with E-state index >= 15 is 0 Å². The van der Waals surface area contributed by atoms with E-state index in [1.165, 1.54) is 25.4 Å². The van der Waals surface area contributed by atoms with Crippen molar-refractivity contribution >= 4 is 32.6 Å². The molecule has 6 nitrogen and oxygen atoms in total. The Hall–Kier alpha value is -3.13. The van der Waals surface area contributed by atoms with Gasteiger partial charge in [0.05, 0.1) is 24.4 Å². The maximum Gasteiger partial charge on any atom is 0.185 e. The van der Waals surface area contributed by atoms with E-state index in [1.807, 2.05) is 19.2 Å². The Labute approximate surface area is 174 Å². The van der Waals surface area contributed by atoms with Crippen LogP contribution in [-0.2, 0) is 13.5 Å². The van der Waals surface area contributed by atoms with Crippen LogP contribution < -0.4 is 4.74 Å². The van der Waals surface area contributed by atoms with Gasteiger partial charge in [0.25, 0.3) is 0 Å². The fourth-order valence-electron chi connectivity index (χ4n) is 3.17. The average Bonchev–Trinajstić information content (AvgIpc) is 3.11. The summed E-state index contributed by atoms with van der Waals surface area (Å²) in [6.45, 7) is 0. The first-order chi connectivity index (χ1) is 14.0. The third-order valence-electron chi connectivity index (χ3n) is 4.66. The number of methoxy groups -OCH3 is 1. The van der Waals surface area contributed by atoms with Crippen LogP contribution in [0, 0.1) is 5.82 Å². The zero-order valence-electron chi connectivity index (χ0n) is 15.7. The van der Waals surface area contributed by atoms with Gasteiger partial charge in [-0.1, -0.05) is 12.1 Å². The Bertz CT molecular complexity index is 1240. The van der Waals surface area contributed by atoms with Crippen molar-refractivity contribution < 1.29 is 13.9 Å². The highest BCUT2D eigenvalue weighted by atomic mass is 79.9. The minimum Gasteiger partial charge on any atom is -0.496 e. The van der Waals surface area contributed by atoms with E-state index in [4.69, 9.17) is 4.74 Å². The minimum atomic E-state index is -0.515. The van der Waals surface area contributed by atoms with Gasteiger partial charge in [-0.2, -0.15) is 5.10 Å². The molecule has 0 aliphatic rings. The lowest BCUT2D eigenvalue weighted by molar-refractivity contribution is 0.0988. The molecule has 0 amide bonds. The van der Waals surface area contributed by atoms with Crippen LogP contribution >= 0.6 is 15.9 Å². The molecule has 0 bridgehead atoms. The van der Waals surface area contributed by atoms with Gasteiger partial charge in [-0.25, -0.2) is 14.4 Å². The summed E-state index contributed by atoms with van der Waals surface area (Å²) in [5.74, 6) is -0.307. The number of carbonyl (C=O) groups is 1. The molecule has 0 saturated heterocycles.